The Morgan fingerprint density at radius 2 is 2.38 bits per heavy atom. The van der Waals surface area contributed by atoms with Crippen LogP contribution in [-0.2, 0) is 4.74 Å². The van der Waals surface area contributed by atoms with E-state index >= 15 is 0 Å². The molecule has 84 valence electrons. The average molecular weight is 222 g/mol. The maximum atomic E-state index is 11.3. The lowest BCUT2D eigenvalue weighted by Crippen LogP contribution is -2.04. The Morgan fingerprint density at radius 1 is 1.56 bits per heavy atom. The lowest BCUT2D eigenvalue weighted by molar-refractivity contribution is 0.0481. The lowest BCUT2D eigenvalue weighted by Gasteiger charge is -1.94. The first-order chi connectivity index (χ1) is 7.72. The third-order valence-corrected chi connectivity index (χ3v) is 1.94. The fourth-order valence-corrected chi connectivity index (χ4v) is 1.17. The first kappa shape index (κ1) is 10.3. The number of carbonyl (C=O) groups is 1. The maximum absolute atomic E-state index is 11.3. The Hall–Kier alpha value is -2.18. The predicted molar refractivity (Wildman–Crippen MR) is 52.6 cm³/mol. The summed E-state index contributed by atoms with van der Waals surface area (Å²) in [5.74, 6) is -0.533. The van der Waals surface area contributed by atoms with Gasteiger partial charge in [-0.25, -0.2) is 4.79 Å². The molecule has 0 saturated carbocycles. The third-order valence-electron chi connectivity index (χ3n) is 1.94. The van der Waals surface area contributed by atoms with Gasteiger partial charge >= 0.3 is 11.9 Å². The van der Waals surface area contributed by atoms with Gasteiger partial charge in [-0.15, -0.1) is 10.2 Å². The zero-order chi connectivity index (χ0) is 11.5. The standard InChI is InChI=1S/C9H10N4O3/c1-3-15-9(14)8-13-12-7(16-8)6-4-10-11-5(6)2/h4H,3H2,1-2H3,(H,10,11). The van der Waals surface area contributed by atoms with Gasteiger partial charge in [-0.2, -0.15) is 5.10 Å². The summed E-state index contributed by atoms with van der Waals surface area (Å²) >= 11 is 0. The number of carbonyl (C=O) groups excluding carboxylic acids is 1. The summed E-state index contributed by atoms with van der Waals surface area (Å²) in [4.78, 5) is 11.3. The lowest BCUT2D eigenvalue weighted by atomic mass is 10.3. The van der Waals surface area contributed by atoms with Crippen LogP contribution in [0.2, 0.25) is 0 Å². The normalized spacial score (nSPS) is 10.4. The van der Waals surface area contributed by atoms with Crippen molar-refractivity contribution < 1.29 is 13.9 Å². The highest BCUT2D eigenvalue weighted by atomic mass is 16.5. The van der Waals surface area contributed by atoms with Crippen LogP contribution in [0.3, 0.4) is 0 Å². The highest BCUT2D eigenvalue weighted by molar-refractivity contribution is 5.84. The van der Waals surface area contributed by atoms with Gasteiger partial charge in [0.25, 0.3) is 5.89 Å². The number of aryl methyl sites for hydroxylation is 1. The number of rotatable bonds is 3. The number of hydrogen-bond acceptors (Lipinski definition) is 6. The molecule has 2 heterocycles. The second-order valence-corrected chi connectivity index (χ2v) is 3.04. The van der Waals surface area contributed by atoms with E-state index in [-0.39, 0.29) is 18.4 Å². The van der Waals surface area contributed by atoms with Gasteiger partial charge in [0, 0.05) is 5.69 Å². The molecule has 2 rings (SSSR count). The van der Waals surface area contributed by atoms with Crippen molar-refractivity contribution in [3.63, 3.8) is 0 Å². The molecule has 0 unspecified atom stereocenters. The minimum atomic E-state index is -0.623. The van der Waals surface area contributed by atoms with E-state index in [1.165, 1.54) is 0 Å². The first-order valence-electron chi connectivity index (χ1n) is 4.73. The molecule has 0 fully saturated rings. The van der Waals surface area contributed by atoms with Crippen LogP contribution >= 0.6 is 0 Å². The van der Waals surface area contributed by atoms with Crippen molar-refractivity contribution in [2.45, 2.75) is 13.8 Å². The molecule has 0 radical (unpaired) electrons. The summed E-state index contributed by atoms with van der Waals surface area (Å²) in [7, 11) is 0. The summed E-state index contributed by atoms with van der Waals surface area (Å²) in [6.45, 7) is 3.78. The molecule has 0 aliphatic rings. The number of ether oxygens (including phenoxy) is 1. The van der Waals surface area contributed by atoms with Crippen molar-refractivity contribution in [2.75, 3.05) is 6.61 Å². The van der Waals surface area contributed by atoms with Crippen LogP contribution in [0.4, 0.5) is 0 Å². The molecule has 0 atom stereocenters. The van der Waals surface area contributed by atoms with Gasteiger partial charge in [0.2, 0.25) is 0 Å². The third kappa shape index (κ3) is 1.79. The molecule has 0 spiro atoms. The highest BCUT2D eigenvalue weighted by Gasteiger charge is 2.18. The Morgan fingerprint density at radius 3 is 3.00 bits per heavy atom. The highest BCUT2D eigenvalue weighted by Crippen LogP contribution is 2.19. The zero-order valence-electron chi connectivity index (χ0n) is 8.85. The average Bonchev–Trinajstić information content (AvgIpc) is 2.86. The van der Waals surface area contributed by atoms with E-state index in [2.05, 4.69) is 20.4 Å². The first-order valence-corrected chi connectivity index (χ1v) is 4.73. The van der Waals surface area contributed by atoms with E-state index in [4.69, 9.17) is 9.15 Å². The molecule has 0 aliphatic carbocycles. The molecule has 0 bridgehead atoms. The van der Waals surface area contributed by atoms with Crippen LogP contribution in [-0.4, -0.2) is 33.0 Å². The minimum absolute atomic E-state index is 0.155. The maximum Gasteiger partial charge on any atom is 0.396 e. The van der Waals surface area contributed by atoms with Crippen molar-refractivity contribution in [1.82, 2.24) is 20.4 Å². The molecule has 0 saturated heterocycles. The fraction of sp³-hybridized carbons (Fsp3) is 0.333. The molecule has 1 N–H and O–H groups in total. The number of nitrogens with one attached hydrogen (secondary N) is 1. The van der Waals surface area contributed by atoms with Gasteiger partial charge < -0.3 is 9.15 Å². The summed E-state index contributed by atoms with van der Waals surface area (Å²) in [6.07, 6.45) is 1.55. The zero-order valence-corrected chi connectivity index (χ0v) is 8.85. The smallest absolute Gasteiger partial charge is 0.396 e. The molecule has 2 aromatic rings. The van der Waals surface area contributed by atoms with Gasteiger partial charge in [0.05, 0.1) is 18.4 Å². The Labute approximate surface area is 90.8 Å². The van der Waals surface area contributed by atoms with Gasteiger partial charge in [-0.1, -0.05) is 0 Å². The van der Waals surface area contributed by atoms with Crippen LogP contribution in [0.1, 0.15) is 23.3 Å². The van der Waals surface area contributed by atoms with E-state index in [0.717, 1.165) is 5.69 Å². The van der Waals surface area contributed by atoms with Crippen LogP contribution in [0, 0.1) is 6.92 Å². The molecule has 16 heavy (non-hydrogen) atoms. The van der Waals surface area contributed by atoms with E-state index < -0.39 is 5.97 Å². The van der Waals surface area contributed by atoms with E-state index in [9.17, 15) is 4.79 Å². The Bertz CT molecular complexity index is 502. The molecular formula is C9H10N4O3. The second-order valence-electron chi connectivity index (χ2n) is 3.04. The number of aromatic amines is 1. The van der Waals surface area contributed by atoms with Crippen LogP contribution in [0.5, 0.6) is 0 Å². The van der Waals surface area contributed by atoms with Crippen molar-refractivity contribution in [1.29, 1.82) is 0 Å². The number of H-pyrrole nitrogens is 1. The summed E-state index contributed by atoms with van der Waals surface area (Å²) < 4.78 is 9.90. The summed E-state index contributed by atoms with van der Waals surface area (Å²) in [6, 6.07) is 0. The topological polar surface area (TPSA) is 93.9 Å². The van der Waals surface area contributed by atoms with E-state index in [1.54, 1.807) is 13.1 Å². The molecule has 0 amide bonds. The Kier molecular flexibility index (Phi) is 2.67. The largest absolute Gasteiger partial charge is 0.459 e. The van der Waals surface area contributed by atoms with Crippen LogP contribution in [0.25, 0.3) is 11.5 Å². The Balaban J connectivity index is 2.26. The minimum Gasteiger partial charge on any atom is -0.459 e. The number of hydrogen-bond donors (Lipinski definition) is 1. The quantitative estimate of drug-likeness (QED) is 0.777. The van der Waals surface area contributed by atoms with Gasteiger partial charge in [0.15, 0.2) is 0 Å². The van der Waals surface area contributed by atoms with Crippen molar-refractivity contribution in [2.24, 2.45) is 0 Å². The van der Waals surface area contributed by atoms with E-state index in [1.807, 2.05) is 6.92 Å². The second kappa shape index (κ2) is 4.13. The molecular weight excluding hydrogens is 212 g/mol. The number of nitrogens with zero attached hydrogens (tertiary/aromatic N) is 3. The van der Waals surface area contributed by atoms with Crippen LogP contribution < -0.4 is 0 Å². The molecule has 7 nitrogen and oxygen atoms in total. The molecule has 0 aromatic carbocycles. The summed E-state index contributed by atoms with van der Waals surface area (Å²) in [5, 5.41) is 13.9. The summed E-state index contributed by atoms with van der Waals surface area (Å²) in [5.41, 5.74) is 1.46. The van der Waals surface area contributed by atoms with Gasteiger partial charge in [-0.3, -0.25) is 5.10 Å². The van der Waals surface area contributed by atoms with Crippen molar-refractivity contribution in [3.05, 3.63) is 17.8 Å². The molecule has 7 heteroatoms. The molecule has 0 aliphatic heterocycles. The molecule has 2 aromatic heterocycles. The number of aromatic nitrogens is 4. The van der Waals surface area contributed by atoms with Crippen molar-refractivity contribution in [3.8, 4) is 11.5 Å². The SMILES string of the molecule is CCOC(=O)c1nnc(-c2cn[nH]c2C)o1. The van der Waals surface area contributed by atoms with Gasteiger partial charge in [-0.05, 0) is 13.8 Å². The van der Waals surface area contributed by atoms with Gasteiger partial charge in [0.1, 0.15) is 0 Å². The predicted octanol–water partition coefficient (Wildman–Crippen LogP) is 0.945. The monoisotopic (exact) mass is 222 g/mol. The van der Waals surface area contributed by atoms with E-state index in [0.29, 0.717) is 5.56 Å². The number of esters is 1. The van der Waals surface area contributed by atoms with Crippen LogP contribution in [0.15, 0.2) is 10.6 Å². The fourth-order valence-electron chi connectivity index (χ4n) is 1.17. The van der Waals surface area contributed by atoms with Crippen molar-refractivity contribution >= 4 is 5.97 Å².